The van der Waals surface area contributed by atoms with E-state index in [0.717, 1.165) is 31.9 Å². The number of hydrogen-bond donors (Lipinski definition) is 4. The molecule has 30 heavy (non-hydrogen) atoms. The number of phenols is 1. The molecule has 3 rings (SSSR count). The number of rotatable bonds is 6. The molecule has 0 aliphatic carbocycles. The SMILES string of the molecule is C\C=C/C(=C\C=C\C1=NNC(=C/c2c(O)cccc2F)/C1=N\CN)N1CCNCC1. The quantitative estimate of drug-likeness (QED) is 0.539. The summed E-state index contributed by atoms with van der Waals surface area (Å²) in [5.41, 5.74) is 11.2. The van der Waals surface area contributed by atoms with Crippen LogP contribution < -0.4 is 16.5 Å². The first-order chi connectivity index (χ1) is 14.6. The van der Waals surface area contributed by atoms with E-state index < -0.39 is 5.82 Å². The first kappa shape index (κ1) is 21.5. The highest BCUT2D eigenvalue weighted by molar-refractivity contribution is 6.53. The number of aromatic hydroxyl groups is 1. The van der Waals surface area contributed by atoms with Crippen molar-refractivity contribution in [2.75, 3.05) is 32.8 Å². The van der Waals surface area contributed by atoms with Gasteiger partial charge in [0.2, 0.25) is 0 Å². The maximum absolute atomic E-state index is 14.1. The van der Waals surface area contributed by atoms with Crippen LogP contribution in [0.1, 0.15) is 12.5 Å². The van der Waals surface area contributed by atoms with Crippen LogP contribution in [0, 0.1) is 5.82 Å². The van der Waals surface area contributed by atoms with Crippen molar-refractivity contribution >= 4 is 17.5 Å². The largest absolute Gasteiger partial charge is 0.507 e. The monoisotopic (exact) mass is 410 g/mol. The third-order valence-electron chi connectivity index (χ3n) is 4.70. The molecule has 0 spiro atoms. The number of halogens is 1. The van der Waals surface area contributed by atoms with E-state index in [9.17, 15) is 9.50 Å². The number of allylic oxidation sites excluding steroid dienone is 6. The van der Waals surface area contributed by atoms with Crippen molar-refractivity contribution in [3.63, 3.8) is 0 Å². The van der Waals surface area contributed by atoms with E-state index in [1.165, 1.54) is 24.3 Å². The summed E-state index contributed by atoms with van der Waals surface area (Å²) in [6, 6.07) is 4.16. The molecule has 0 amide bonds. The Kier molecular flexibility index (Phi) is 7.53. The second-order valence-electron chi connectivity index (χ2n) is 6.72. The Balaban J connectivity index is 1.82. The van der Waals surface area contributed by atoms with Crippen molar-refractivity contribution in [2.24, 2.45) is 15.8 Å². The summed E-state index contributed by atoms with van der Waals surface area (Å²) in [5, 5.41) is 17.6. The minimum atomic E-state index is -0.532. The van der Waals surface area contributed by atoms with Gasteiger partial charge >= 0.3 is 0 Å². The molecule has 0 aromatic heterocycles. The van der Waals surface area contributed by atoms with Gasteiger partial charge in [-0.15, -0.1) is 0 Å². The van der Waals surface area contributed by atoms with Crippen molar-refractivity contribution in [3.05, 3.63) is 71.4 Å². The van der Waals surface area contributed by atoms with E-state index in [-0.39, 0.29) is 18.0 Å². The summed E-state index contributed by atoms with van der Waals surface area (Å²) < 4.78 is 14.1. The minimum absolute atomic E-state index is 0.0604. The van der Waals surface area contributed by atoms with Gasteiger partial charge in [-0.2, -0.15) is 5.10 Å². The fourth-order valence-corrected chi connectivity index (χ4v) is 3.25. The minimum Gasteiger partial charge on any atom is -0.507 e. The molecule has 0 radical (unpaired) electrons. The summed E-state index contributed by atoms with van der Waals surface area (Å²) in [6.45, 7) is 5.87. The van der Waals surface area contributed by atoms with E-state index in [4.69, 9.17) is 5.73 Å². The Labute approximate surface area is 175 Å². The molecule has 1 fully saturated rings. The molecule has 158 valence electrons. The Morgan fingerprint density at radius 1 is 1.37 bits per heavy atom. The molecule has 1 aromatic rings. The second kappa shape index (κ2) is 10.5. The van der Waals surface area contributed by atoms with Gasteiger partial charge in [0.1, 0.15) is 23.0 Å². The topological polar surface area (TPSA) is 98.3 Å². The lowest BCUT2D eigenvalue weighted by atomic mass is 10.1. The Hall–Kier alpha value is -3.23. The summed E-state index contributed by atoms with van der Waals surface area (Å²) in [4.78, 5) is 6.61. The van der Waals surface area contributed by atoms with Crippen LogP contribution in [0.5, 0.6) is 5.75 Å². The number of hydrogen-bond acceptors (Lipinski definition) is 7. The van der Waals surface area contributed by atoms with Crippen molar-refractivity contribution < 1.29 is 9.50 Å². The van der Waals surface area contributed by atoms with Gasteiger partial charge in [-0.1, -0.05) is 18.2 Å². The van der Waals surface area contributed by atoms with Gasteiger partial charge in [-0.25, -0.2) is 4.39 Å². The smallest absolute Gasteiger partial charge is 0.134 e. The molecule has 0 bridgehead atoms. The molecule has 7 nitrogen and oxygen atoms in total. The molecule has 2 aliphatic heterocycles. The van der Waals surface area contributed by atoms with Crippen LogP contribution in [0.4, 0.5) is 4.39 Å². The predicted octanol–water partition coefficient (Wildman–Crippen LogP) is 2.11. The lowest BCUT2D eigenvalue weighted by Crippen LogP contribution is -2.42. The molecule has 8 heteroatoms. The molecule has 0 saturated carbocycles. The molecular weight excluding hydrogens is 383 g/mol. The Bertz CT molecular complexity index is 919. The predicted molar refractivity (Wildman–Crippen MR) is 120 cm³/mol. The average Bonchev–Trinajstić information content (AvgIpc) is 3.12. The van der Waals surface area contributed by atoms with E-state index in [0.29, 0.717) is 17.1 Å². The van der Waals surface area contributed by atoms with E-state index in [1.54, 1.807) is 0 Å². The number of hydrazone groups is 1. The van der Waals surface area contributed by atoms with E-state index in [2.05, 4.69) is 31.8 Å². The highest BCUT2D eigenvalue weighted by Crippen LogP contribution is 2.23. The van der Waals surface area contributed by atoms with E-state index >= 15 is 0 Å². The number of phenolic OH excluding ortho intramolecular Hbond substituents is 1. The van der Waals surface area contributed by atoms with Crippen molar-refractivity contribution in [1.29, 1.82) is 0 Å². The van der Waals surface area contributed by atoms with Crippen LogP contribution in [-0.4, -0.2) is 54.3 Å². The van der Waals surface area contributed by atoms with Gasteiger partial charge in [0, 0.05) is 31.9 Å². The van der Waals surface area contributed by atoms with Crippen LogP contribution in [0.25, 0.3) is 6.08 Å². The lowest BCUT2D eigenvalue weighted by molar-refractivity contribution is 0.307. The number of benzene rings is 1. The molecule has 1 aromatic carbocycles. The fourth-order valence-electron chi connectivity index (χ4n) is 3.25. The lowest BCUT2D eigenvalue weighted by Gasteiger charge is -2.30. The van der Waals surface area contributed by atoms with Gasteiger partial charge in [0.15, 0.2) is 0 Å². The molecule has 2 aliphatic rings. The fraction of sp³-hybridized carbons (Fsp3) is 0.273. The third kappa shape index (κ3) is 5.22. The highest BCUT2D eigenvalue weighted by atomic mass is 19.1. The van der Waals surface area contributed by atoms with Gasteiger partial charge in [-0.3, -0.25) is 10.4 Å². The van der Waals surface area contributed by atoms with Crippen molar-refractivity contribution in [1.82, 2.24) is 15.6 Å². The third-order valence-corrected chi connectivity index (χ3v) is 4.70. The molecule has 2 heterocycles. The summed E-state index contributed by atoms with van der Waals surface area (Å²) in [6.07, 6.45) is 11.3. The second-order valence-corrected chi connectivity index (χ2v) is 6.72. The van der Waals surface area contributed by atoms with Crippen LogP contribution >= 0.6 is 0 Å². The van der Waals surface area contributed by atoms with Crippen LogP contribution in [0.15, 0.2) is 70.1 Å². The first-order valence-corrected chi connectivity index (χ1v) is 9.89. The maximum Gasteiger partial charge on any atom is 0.134 e. The zero-order valence-electron chi connectivity index (χ0n) is 17.0. The van der Waals surface area contributed by atoms with Gasteiger partial charge in [0.05, 0.1) is 17.9 Å². The van der Waals surface area contributed by atoms with Gasteiger partial charge < -0.3 is 21.1 Å². The molecule has 0 unspecified atom stereocenters. The summed E-state index contributed by atoms with van der Waals surface area (Å²) in [7, 11) is 0. The number of nitrogens with zero attached hydrogens (tertiary/aromatic N) is 3. The first-order valence-electron chi connectivity index (χ1n) is 9.89. The van der Waals surface area contributed by atoms with Gasteiger partial charge in [0.25, 0.3) is 0 Å². The van der Waals surface area contributed by atoms with Crippen LogP contribution in [0.3, 0.4) is 0 Å². The van der Waals surface area contributed by atoms with Crippen molar-refractivity contribution in [2.45, 2.75) is 6.92 Å². The van der Waals surface area contributed by atoms with E-state index in [1.807, 2.05) is 31.2 Å². The van der Waals surface area contributed by atoms with Gasteiger partial charge in [-0.05, 0) is 43.4 Å². The Morgan fingerprint density at radius 3 is 2.87 bits per heavy atom. The molecule has 0 atom stereocenters. The standard InChI is InChI=1S/C22H27FN6O/c1-2-5-16(29-12-10-25-11-13-29)6-3-8-19-22(26-15-24)20(28-27-19)14-17-18(23)7-4-9-21(17)30/h2-9,14,25,28,30H,10-13,15,24H2,1H3/b5-2-,8-3+,16-6+,20-14+,26-22-. The summed E-state index contributed by atoms with van der Waals surface area (Å²) >= 11 is 0. The van der Waals surface area contributed by atoms with Crippen molar-refractivity contribution in [3.8, 4) is 5.75 Å². The molecular formula is C22H27FN6O. The normalized spacial score (nSPS) is 20.6. The number of aliphatic imine (C=N–C) groups is 1. The Morgan fingerprint density at radius 2 is 2.17 bits per heavy atom. The number of nitrogens with two attached hydrogens (primary N) is 1. The number of piperazine rings is 1. The summed E-state index contributed by atoms with van der Waals surface area (Å²) in [5.74, 6) is -0.689. The highest BCUT2D eigenvalue weighted by Gasteiger charge is 2.20. The zero-order valence-corrected chi connectivity index (χ0v) is 17.0. The van der Waals surface area contributed by atoms with Crippen LogP contribution in [-0.2, 0) is 0 Å². The molecule has 1 saturated heterocycles. The zero-order chi connectivity index (χ0) is 21.3. The molecule has 5 N–H and O–H groups in total. The average molecular weight is 410 g/mol. The van der Waals surface area contributed by atoms with Crippen LogP contribution in [0.2, 0.25) is 0 Å². The maximum atomic E-state index is 14.1. The number of nitrogens with one attached hydrogen (secondary N) is 2.